The number of carbonyl (C=O) groups excluding carboxylic acids is 3. The van der Waals surface area contributed by atoms with Crippen molar-refractivity contribution in [2.24, 2.45) is 0 Å². The smallest absolute Gasteiger partial charge is 0.306 e. The summed E-state index contributed by atoms with van der Waals surface area (Å²) in [5.41, 5.74) is 0. The Balaban J connectivity index is 4.00. The third kappa shape index (κ3) is 57.1. The second-order valence-electron chi connectivity index (χ2n) is 21.7. The van der Waals surface area contributed by atoms with Crippen molar-refractivity contribution in [3.8, 4) is 0 Å². The number of rotatable bonds is 59. The van der Waals surface area contributed by atoms with E-state index in [1.54, 1.807) is 0 Å². The Labute approximate surface area is 437 Å². The van der Waals surface area contributed by atoms with Crippen LogP contribution in [0.2, 0.25) is 0 Å². The number of allylic oxidation sites excluding steroid dienone is 2. The third-order valence-corrected chi connectivity index (χ3v) is 14.5. The van der Waals surface area contributed by atoms with Gasteiger partial charge in [0, 0.05) is 19.3 Å². The molecule has 6 heteroatoms. The number of unbranched alkanes of at least 4 members (excludes halogenated alkanes) is 46. The molecule has 0 saturated heterocycles. The van der Waals surface area contributed by atoms with Gasteiger partial charge in [0.2, 0.25) is 0 Å². The molecule has 0 aliphatic carbocycles. The van der Waals surface area contributed by atoms with Crippen LogP contribution in [0.4, 0.5) is 0 Å². The maximum atomic E-state index is 12.8. The molecule has 0 aromatic rings. The quantitative estimate of drug-likeness (QED) is 0.0261. The zero-order valence-corrected chi connectivity index (χ0v) is 47.6. The van der Waals surface area contributed by atoms with Crippen LogP contribution in [-0.4, -0.2) is 37.2 Å². The van der Waals surface area contributed by atoms with E-state index in [1.165, 1.54) is 263 Å². The fourth-order valence-corrected chi connectivity index (χ4v) is 9.74. The molecule has 70 heavy (non-hydrogen) atoms. The van der Waals surface area contributed by atoms with Crippen LogP contribution in [0.25, 0.3) is 0 Å². The van der Waals surface area contributed by atoms with Gasteiger partial charge in [-0.05, 0) is 44.9 Å². The van der Waals surface area contributed by atoms with Crippen LogP contribution < -0.4 is 0 Å². The highest BCUT2D eigenvalue weighted by Gasteiger charge is 2.19. The molecule has 0 N–H and O–H groups in total. The van der Waals surface area contributed by atoms with Gasteiger partial charge in [-0.25, -0.2) is 0 Å². The SMILES string of the molecule is CCCCCCCC/C=C\CCCCCCCCCCCC(=O)OC(COC(=O)CCCCCCCC)COC(=O)CCCCCCCCCCCCCCCCCCCCCCCCCCCCC. The van der Waals surface area contributed by atoms with E-state index in [0.29, 0.717) is 19.3 Å². The summed E-state index contributed by atoms with van der Waals surface area (Å²) in [6.07, 6.45) is 69.8. The van der Waals surface area contributed by atoms with E-state index in [-0.39, 0.29) is 31.1 Å². The monoisotopic (exact) mass is 987 g/mol. The van der Waals surface area contributed by atoms with Gasteiger partial charge in [-0.2, -0.15) is 0 Å². The van der Waals surface area contributed by atoms with E-state index in [2.05, 4.69) is 32.9 Å². The topological polar surface area (TPSA) is 78.9 Å². The van der Waals surface area contributed by atoms with Gasteiger partial charge in [0.05, 0.1) is 0 Å². The molecule has 0 fully saturated rings. The number of carbonyl (C=O) groups is 3. The zero-order valence-electron chi connectivity index (χ0n) is 47.6. The molecule has 414 valence electrons. The fraction of sp³-hybridized carbons (Fsp3) is 0.922. The van der Waals surface area contributed by atoms with Gasteiger partial charge in [0.1, 0.15) is 13.2 Å². The van der Waals surface area contributed by atoms with Gasteiger partial charge in [-0.1, -0.05) is 309 Å². The summed E-state index contributed by atoms with van der Waals surface area (Å²) in [5.74, 6) is -0.853. The van der Waals surface area contributed by atoms with Gasteiger partial charge < -0.3 is 14.2 Å². The van der Waals surface area contributed by atoms with Crippen molar-refractivity contribution >= 4 is 17.9 Å². The standard InChI is InChI=1S/C64H122O6/c1-4-7-10-13-16-18-20-22-24-26-28-29-30-31-32-33-34-35-37-38-40-42-44-46-48-51-54-57-63(66)69-60-61(59-68-62(65)56-53-50-15-12-9-6-3)70-64(67)58-55-52-49-47-45-43-41-39-36-27-25-23-21-19-17-14-11-8-5-2/h23,25,61H,4-22,24,26-60H2,1-3H3/b25-23-. The molecule has 0 bridgehead atoms. The molecule has 0 aromatic carbocycles. The lowest BCUT2D eigenvalue weighted by Gasteiger charge is -2.18. The van der Waals surface area contributed by atoms with Crippen molar-refractivity contribution in [3.63, 3.8) is 0 Å². The second-order valence-corrected chi connectivity index (χ2v) is 21.7. The predicted octanol–water partition coefficient (Wildman–Crippen LogP) is 21.3. The summed E-state index contributed by atoms with van der Waals surface area (Å²) in [6, 6.07) is 0. The first kappa shape index (κ1) is 68.2. The molecule has 0 amide bonds. The van der Waals surface area contributed by atoms with Crippen molar-refractivity contribution in [2.75, 3.05) is 13.2 Å². The molecule has 6 nitrogen and oxygen atoms in total. The lowest BCUT2D eigenvalue weighted by Crippen LogP contribution is -2.30. The Morgan fingerprint density at radius 2 is 0.471 bits per heavy atom. The summed E-state index contributed by atoms with van der Waals surface area (Å²) in [6.45, 7) is 6.64. The molecule has 0 aliphatic rings. The van der Waals surface area contributed by atoms with Crippen molar-refractivity contribution in [3.05, 3.63) is 12.2 Å². The second kappa shape index (κ2) is 59.7. The molecule has 1 unspecified atom stereocenters. The molecule has 0 aromatic heterocycles. The van der Waals surface area contributed by atoms with Crippen molar-refractivity contribution in [1.29, 1.82) is 0 Å². The van der Waals surface area contributed by atoms with Crippen molar-refractivity contribution in [1.82, 2.24) is 0 Å². The third-order valence-electron chi connectivity index (χ3n) is 14.5. The maximum Gasteiger partial charge on any atom is 0.306 e. The number of ether oxygens (including phenoxy) is 3. The number of hydrogen-bond acceptors (Lipinski definition) is 6. The van der Waals surface area contributed by atoms with Crippen LogP contribution in [0, 0.1) is 0 Å². The molecular formula is C64H122O6. The molecule has 0 radical (unpaired) electrons. The minimum absolute atomic E-state index is 0.0656. The van der Waals surface area contributed by atoms with Crippen LogP contribution in [0.5, 0.6) is 0 Å². The predicted molar refractivity (Wildman–Crippen MR) is 303 cm³/mol. The Morgan fingerprint density at radius 3 is 0.714 bits per heavy atom. The molecule has 0 heterocycles. The molecule has 0 rings (SSSR count). The molecule has 0 saturated carbocycles. The molecule has 0 aliphatic heterocycles. The van der Waals surface area contributed by atoms with E-state index in [0.717, 1.165) is 57.8 Å². The Bertz CT molecular complexity index is 1090. The highest BCUT2D eigenvalue weighted by atomic mass is 16.6. The average Bonchev–Trinajstić information content (AvgIpc) is 3.36. The van der Waals surface area contributed by atoms with Crippen LogP contribution in [0.15, 0.2) is 12.2 Å². The number of esters is 3. The first-order valence-electron chi connectivity index (χ1n) is 31.7. The molecular weight excluding hydrogens is 865 g/mol. The van der Waals surface area contributed by atoms with Gasteiger partial charge in [0.25, 0.3) is 0 Å². The minimum atomic E-state index is -0.764. The molecule has 0 spiro atoms. The maximum absolute atomic E-state index is 12.8. The summed E-state index contributed by atoms with van der Waals surface area (Å²) in [7, 11) is 0. The van der Waals surface area contributed by atoms with Crippen LogP contribution in [0.3, 0.4) is 0 Å². The Kier molecular flexibility index (Phi) is 58.1. The number of hydrogen-bond donors (Lipinski definition) is 0. The van der Waals surface area contributed by atoms with Gasteiger partial charge in [-0.3, -0.25) is 14.4 Å². The molecule has 1 atom stereocenters. The van der Waals surface area contributed by atoms with E-state index < -0.39 is 6.10 Å². The minimum Gasteiger partial charge on any atom is -0.462 e. The summed E-state index contributed by atoms with van der Waals surface area (Å²) < 4.78 is 16.8. The van der Waals surface area contributed by atoms with E-state index in [4.69, 9.17) is 14.2 Å². The average molecular weight is 988 g/mol. The van der Waals surface area contributed by atoms with E-state index in [1.807, 2.05) is 0 Å². The van der Waals surface area contributed by atoms with Gasteiger partial charge in [-0.15, -0.1) is 0 Å². The summed E-state index contributed by atoms with van der Waals surface area (Å²) in [5, 5.41) is 0. The normalized spacial score (nSPS) is 12.0. The highest BCUT2D eigenvalue weighted by Crippen LogP contribution is 2.18. The van der Waals surface area contributed by atoms with Gasteiger partial charge in [0.15, 0.2) is 6.10 Å². The summed E-state index contributed by atoms with van der Waals surface area (Å²) in [4.78, 5) is 38.0. The Hall–Kier alpha value is -1.85. The lowest BCUT2D eigenvalue weighted by atomic mass is 10.0. The zero-order chi connectivity index (χ0) is 50.7. The first-order chi connectivity index (χ1) is 34.5. The largest absolute Gasteiger partial charge is 0.462 e. The van der Waals surface area contributed by atoms with E-state index in [9.17, 15) is 14.4 Å². The highest BCUT2D eigenvalue weighted by molar-refractivity contribution is 5.71. The van der Waals surface area contributed by atoms with Crippen LogP contribution in [0.1, 0.15) is 361 Å². The van der Waals surface area contributed by atoms with Crippen molar-refractivity contribution < 1.29 is 28.6 Å². The van der Waals surface area contributed by atoms with E-state index >= 15 is 0 Å². The Morgan fingerprint density at radius 1 is 0.271 bits per heavy atom. The first-order valence-corrected chi connectivity index (χ1v) is 31.7. The lowest BCUT2D eigenvalue weighted by molar-refractivity contribution is -0.167. The van der Waals surface area contributed by atoms with Crippen molar-refractivity contribution in [2.45, 2.75) is 367 Å². The van der Waals surface area contributed by atoms with Gasteiger partial charge >= 0.3 is 17.9 Å². The fourth-order valence-electron chi connectivity index (χ4n) is 9.74. The summed E-state index contributed by atoms with van der Waals surface area (Å²) >= 11 is 0. The van der Waals surface area contributed by atoms with Crippen LogP contribution in [-0.2, 0) is 28.6 Å². The van der Waals surface area contributed by atoms with Crippen LogP contribution >= 0.6 is 0 Å².